The number of amidine groups is 1. The van der Waals surface area contributed by atoms with Gasteiger partial charge in [-0.2, -0.15) is 0 Å². The zero-order valence-electron chi connectivity index (χ0n) is 15.6. The molecule has 0 unspecified atom stereocenters. The number of hydrogen-bond donors (Lipinski definition) is 3. The van der Waals surface area contributed by atoms with E-state index in [-0.39, 0.29) is 28.6 Å². The van der Waals surface area contributed by atoms with Gasteiger partial charge in [0.05, 0.1) is 24.4 Å². The fraction of sp³-hybridized carbons (Fsp3) is 0.143. The number of benzene rings is 2. The van der Waals surface area contributed by atoms with Gasteiger partial charge in [-0.3, -0.25) is 5.41 Å². The molecule has 0 aliphatic heterocycles. The number of nitrogens with one attached hydrogen (secondary N) is 1. The summed E-state index contributed by atoms with van der Waals surface area (Å²) in [7, 11) is -3.88. The molecule has 0 aliphatic carbocycles. The molecule has 3 aromatic rings. The highest BCUT2D eigenvalue weighted by atomic mass is 32.2. The van der Waals surface area contributed by atoms with Gasteiger partial charge in [0.2, 0.25) is 9.84 Å². The SMILES string of the molecule is C.CSc1sc(C(=N)N)cc1S(=O)(=O)c1cccc(-c2c(C)cccc2C(=O)O)c1. The van der Waals surface area contributed by atoms with Crippen molar-refractivity contribution in [2.75, 3.05) is 6.26 Å². The fourth-order valence-electron chi connectivity index (χ4n) is 2.99. The van der Waals surface area contributed by atoms with Gasteiger partial charge in [-0.15, -0.1) is 23.1 Å². The Morgan fingerprint density at radius 3 is 2.43 bits per heavy atom. The van der Waals surface area contributed by atoms with Crippen LogP contribution in [0.2, 0.25) is 0 Å². The molecule has 0 fully saturated rings. The normalized spacial score (nSPS) is 11.0. The second-order valence-corrected chi connectivity index (χ2v) is 10.3. The number of hydrogen-bond acceptors (Lipinski definition) is 6. The average molecular weight is 463 g/mol. The van der Waals surface area contributed by atoms with Crippen molar-refractivity contribution in [3.8, 4) is 11.1 Å². The molecule has 2 aromatic carbocycles. The molecule has 9 heteroatoms. The molecule has 3 rings (SSSR count). The van der Waals surface area contributed by atoms with E-state index in [1.54, 1.807) is 37.4 Å². The third kappa shape index (κ3) is 4.28. The molecule has 0 saturated carbocycles. The molecule has 0 radical (unpaired) electrons. The Kier molecular flexibility index (Phi) is 7.12. The molecule has 30 heavy (non-hydrogen) atoms. The van der Waals surface area contributed by atoms with Gasteiger partial charge in [0.25, 0.3) is 0 Å². The molecule has 0 aliphatic rings. The summed E-state index contributed by atoms with van der Waals surface area (Å²) in [6.45, 7) is 1.78. The lowest BCUT2D eigenvalue weighted by atomic mass is 9.95. The van der Waals surface area contributed by atoms with Gasteiger partial charge in [0, 0.05) is 0 Å². The third-order valence-corrected chi connectivity index (χ3v) is 8.68. The maximum Gasteiger partial charge on any atom is 0.336 e. The molecular weight excluding hydrogens is 440 g/mol. The van der Waals surface area contributed by atoms with Crippen molar-refractivity contribution in [1.29, 1.82) is 5.41 Å². The zero-order chi connectivity index (χ0) is 21.3. The Labute approximate surface area is 184 Å². The minimum absolute atomic E-state index is 0. The lowest BCUT2D eigenvalue weighted by Gasteiger charge is -2.12. The first-order chi connectivity index (χ1) is 13.7. The maximum absolute atomic E-state index is 13.3. The van der Waals surface area contributed by atoms with Crippen LogP contribution in [0.15, 0.2) is 62.5 Å². The van der Waals surface area contributed by atoms with Crippen molar-refractivity contribution >= 4 is 44.7 Å². The summed E-state index contributed by atoms with van der Waals surface area (Å²) in [5, 5.41) is 17.1. The Morgan fingerprint density at radius 1 is 1.17 bits per heavy atom. The second-order valence-electron chi connectivity index (χ2n) is 6.21. The van der Waals surface area contributed by atoms with Crippen LogP contribution in [0.3, 0.4) is 0 Å². The van der Waals surface area contributed by atoms with Crippen LogP contribution in [-0.2, 0) is 9.84 Å². The van der Waals surface area contributed by atoms with E-state index in [2.05, 4.69) is 0 Å². The van der Waals surface area contributed by atoms with Gasteiger partial charge < -0.3 is 10.8 Å². The van der Waals surface area contributed by atoms with Crippen LogP contribution in [0, 0.1) is 12.3 Å². The van der Waals surface area contributed by atoms with E-state index >= 15 is 0 Å². The molecule has 0 amide bonds. The molecule has 6 nitrogen and oxygen atoms in total. The number of rotatable bonds is 6. The highest BCUT2D eigenvalue weighted by Gasteiger charge is 2.26. The summed E-state index contributed by atoms with van der Waals surface area (Å²) in [4.78, 5) is 12.2. The summed E-state index contributed by atoms with van der Waals surface area (Å²) in [5.41, 5.74) is 7.37. The van der Waals surface area contributed by atoms with Crippen LogP contribution in [0.4, 0.5) is 0 Å². The van der Waals surface area contributed by atoms with Gasteiger partial charge in [-0.05, 0) is 54.1 Å². The molecule has 0 spiro atoms. The number of nitrogens with two attached hydrogens (primary N) is 1. The van der Waals surface area contributed by atoms with Crippen LogP contribution < -0.4 is 5.73 Å². The van der Waals surface area contributed by atoms with Gasteiger partial charge in [-0.1, -0.05) is 31.7 Å². The summed E-state index contributed by atoms with van der Waals surface area (Å²) in [6.07, 6.45) is 1.76. The third-order valence-electron chi connectivity index (χ3n) is 4.34. The van der Waals surface area contributed by atoms with Crippen LogP contribution in [0.5, 0.6) is 0 Å². The molecular formula is C21H22N2O4S3. The number of nitrogen functional groups attached to an aromatic ring is 1. The Morgan fingerprint density at radius 2 is 1.83 bits per heavy atom. The number of aryl methyl sites for hydroxylation is 1. The van der Waals surface area contributed by atoms with Crippen molar-refractivity contribution in [2.45, 2.75) is 28.4 Å². The zero-order valence-corrected chi connectivity index (χ0v) is 18.0. The highest BCUT2D eigenvalue weighted by molar-refractivity contribution is 8.01. The topological polar surface area (TPSA) is 121 Å². The monoisotopic (exact) mass is 462 g/mol. The van der Waals surface area contributed by atoms with E-state index in [1.807, 2.05) is 0 Å². The number of thioether (sulfide) groups is 1. The number of carbonyl (C=O) groups is 1. The summed E-state index contributed by atoms with van der Waals surface area (Å²) < 4.78 is 27.1. The van der Waals surface area contributed by atoms with Crippen molar-refractivity contribution in [3.05, 3.63) is 64.5 Å². The van der Waals surface area contributed by atoms with E-state index in [9.17, 15) is 18.3 Å². The van der Waals surface area contributed by atoms with E-state index in [4.69, 9.17) is 11.1 Å². The molecule has 1 heterocycles. The smallest absolute Gasteiger partial charge is 0.336 e. The Balaban J connectivity index is 0.00000320. The second kappa shape index (κ2) is 9.03. The standard InChI is InChI=1S/C20H18N2O4S3.CH4/c1-11-5-3-8-14(19(23)24)17(11)12-6-4-7-13(9-12)29(25,26)16-10-15(18(21)22)28-20(16)27-2;/h3-10H,1-2H3,(H3,21,22)(H,23,24);1H4. The largest absolute Gasteiger partial charge is 0.478 e. The first kappa shape index (κ1) is 23.7. The quantitative estimate of drug-likeness (QED) is 0.272. The van der Waals surface area contributed by atoms with Crippen molar-refractivity contribution in [1.82, 2.24) is 0 Å². The van der Waals surface area contributed by atoms with Crippen molar-refractivity contribution < 1.29 is 18.3 Å². The molecule has 0 atom stereocenters. The van der Waals surface area contributed by atoms with Crippen LogP contribution in [0.25, 0.3) is 11.1 Å². The maximum atomic E-state index is 13.3. The number of aromatic carboxylic acids is 1. The molecule has 4 N–H and O–H groups in total. The number of carboxylic acid groups (broad SMARTS) is 1. The van der Waals surface area contributed by atoms with Crippen molar-refractivity contribution in [2.24, 2.45) is 5.73 Å². The van der Waals surface area contributed by atoms with E-state index in [1.165, 1.54) is 36.0 Å². The fourth-order valence-corrected chi connectivity index (χ4v) is 6.90. The molecule has 1 aromatic heterocycles. The van der Waals surface area contributed by atoms with Crippen LogP contribution in [0.1, 0.15) is 28.2 Å². The molecule has 158 valence electrons. The predicted octanol–water partition coefficient (Wildman–Crippen LogP) is 4.90. The number of carboxylic acids is 1. The lowest BCUT2D eigenvalue weighted by molar-refractivity contribution is 0.0697. The van der Waals surface area contributed by atoms with Crippen LogP contribution >= 0.6 is 23.1 Å². The minimum Gasteiger partial charge on any atom is -0.478 e. The summed E-state index contributed by atoms with van der Waals surface area (Å²) in [6, 6.07) is 12.6. The highest BCUT2D eigenvalue weighted by Crippen LogP contribution is 2.38. The van der Waals surface area contributed by atoms with E-state index in [0.29, 0.717) is 20.2 Å². The Bertz CT molecular complexity index is 1230. The first-order valence-electron chi connectivity index (χ1n) is 8.37. The van der Waals surface area contributed by atoms with Gasteiger partial charge in [0.1, 0.15) is 5.84 Å². The van der Waals surface area contributed by atoms with Crippen molar-refractivity contribution in [3.63, 3.8) is 0 Å². The first-order valence-corrected chi connectivity index (χ1v) is 11.9. The summed E-state index contributed by atoms with van der Waals surface area (Å²) >= 11 is 2.43. The van der Waals surface area contributed by atoms with Crippen LogP contribution in [-0.4, -0.2) is 31.6 Å². The lowest BCUT2D eigenvalue weighted by Crippen LogP contribution is -2.09. The Hall–Kier alpha value is -2.62. The molecule has 0 bridgehead atoms. The predicted molar refractivity (Wildman–Crippen MR) is 123 cm³/mol. The number of thiophene rings is 1. The molecule has 0 saturated heterocycles. The van der Waals surface area contributed by atoms with Gasteiger partial charge in [-0.25, -0.2) is 13.2 Å². The van der Waals surface area contributed by atoms with Gasteiger partial charge in [0.15, 0.2) is 0 Å². The summed E-state index contributed by atoms with van der Waals surface area (Å²) in [5.74, 6) is -1.27. The van der Waals surface area contributed by atoms with E-state index < -0.39 is 15.8 Å². The minimum atomic E-state index is -3.88. The average Bonchev–Trinajstić information content (AvgIpc) is 3.13. The number of sulfone groups is 1. The van der Waals surface area contributed by atoms with E-state index in [0.717, 1.165) is 16.9 Å². The van der Waals surface area contributed by atoms with Gasteiger partial charge >= 0.3 is 5.97 Å².